The van der Waals surface area contributed by atoms with Crippen molar-refractivity contribution >= 4 is 0 Å². The summed E-state index contributed by atoms with van der Waals surface area (Å²) in [6, 6.07) is 21.2. The van der Waals surface area contributed by atoms with Gasteiger partial charge in [-0.05, 0) is 48.9 Å². The van der Waals surface area contributed by atoms with E-state index in [1.54, 1.807) is 0 Å². The minimum absolute atomic E-state index is 0.462. The summed E-state index contributed by atoms with van der Waals surface area (Å²) >= 11 is 0. The van der Waals surface area contributed by atoms with E-state index in [-0.39, 0.29) is 0 Å². The van der Waals surface area contributed by atoms with Crippen LogP contribution >= 0.6 is 0 Å². The van der Waals surface area contributed by atoms with Gasteiger partial charge in [-0.15, -0.1) is 0 Å². The number of benzene rings is 2. The molecule has 0 saturated carbocycles. The molecule has 2 nitrogen and oxygen atoms in total. The number of rotatable bonds is 2. The highest BCUT2D eigenvalue weighted by atomic mass is 15.2. The second kappa shape index (κ2) is 6.46. The van der Waals surface area contributed by atoms with Crippen LogP contribution in [0.4, 0.5) is 0 Å². The van der Waals surface area contributed by atoms with Crippen molar-refractivity contribution in [3.8, 4) is 0 Å². The third kappa shape index (κ3) is 3.34. The Morgan fingerprint density at radius 2 is 1.96 bits per heavy atom. The number of likely N-dealkylation sites (tertiary alicyclic amines) is 1. The van der Waals surface area contributed by atoms with E-state index in [1.165, 1.54) is 42.6 Å². The molecule has 3 atom stereocenters. The monoisotopic (exact) mass is 306 g/mol. The summed E-state index contributed by atoms with van der Waals surface area (Å²) in [7, 11) is 0. The molecule has 0 aromatic heterocycles. The van der Waals surface area contributed by atoms with Gasteiger partial charge in [0.15, 0.2) is 0 Å². The van der Waals surface area contributed by atoms with Gasteiger partial charge in [0.05, 0.1) is 0 Å². The molecule has 2 aliphatic heterocycles. The van der Waals surface area contributed by atoms with Crippen LogP contribution in [0.3, 0.4) is 0 Å². The van der Waals surface area contributed by atoms with Crippen molar-refractivity contribution in [2.75, 3.05) is 13.1 Å². The van der Waals surface area contributed by atoms with E-state index in [4.69, 9.17) is 0 Å². The Hall–Kier alpha value is -1.64. The molecule has 1 N–H and O–H groups in total. The van der Waals surface area contributed by atoms with Gasteiger partial charge in [-0.1, -0.05) is 54.6 Å². The predicted molar refractivity (Wildman–Crippen MR) is 95.3 cm³/mol. The number of fused-ring (bicyclic) bond motifs is 3. The van der Waals surface area contributed by atoms with Gasteiger partial charge < -0.3 is 5.32 Å². The molecule has 120 valence electrons. The first-order valence-electron chi connectivity index (χ1n) is 8.89. The maximum atomic E-state index is 3.89. The highest BCUT2D eigenvalue weighted by Crippen LogP contribution is 2.28. The maximum Gasteiger partial charge on any atom is 0.0294 e. The van der Waals surface area contributed by atoms with E-state index in [0.29, 0.717) is 18.0 Å². The number of nitrogens with zero attached hydrogens (tertiary/aromatic N) is 1. The van der Waals surface area contributed by atoms with Gasteiger partial charge in [-0.2, -0.15) is 0 Å². The van der Waals surface area contributed by atoms with E-state index >= 15 is 0 Å². The second-order valence-electron chi connectivity index (χ2n) is 7.21. The van der Waals surface area contributed by atoms with E-state index in [0.717, 1.165) is 6.54 Å². The lowest BCUT2D eigenvalue weighted by molar-refractivity contribution is 0.124. The Morgan fingerprint density at radius 1 is 1.09 bits per heavy atom. The second-order valence-corrected chi connectivity index (χ2v) is 7.21. The van der Waals surface area contributed by atoms with Gasteiger partial charge in [0, 0.05) is 25.2 Å². The standard InChI is InChI=1S/C21H26N2/c1-16-19-9-5-8-18(12-19)13-20-15-23(11-10-21(20)22-16)14-17-6-3-2-4-7-17/h2-9,12,16,20-22H,10-11,13-15H2,1H3/t16-,20+,21+/m0/s1. The van der Waals surface area contributed by atoms with Crippen molar-refractivity contribution < 1.29 is 0 Å². The van der Waals surface area contributed by atoms with Crippen molar-refractivity contribution in [3.05, 3.63) is 71.3 Å². The van der Waals surface area contributed by atoms with Crippen LogP contribution < -0.4 is 5.32 Å². The molecular weight excluding hydrogens is 280 g/mol. The average Bonchev–Trinajstić information content (AvgIpc) is 2.57. The molecule has 0 aliphatic carbocycles. The lowest BCUT2D eigenvalue weighted by Gasteiger charge is -2.41. The fourth-order valence-electron chi connectivity index (χ4n) is 4.23. The summed E-state index contributed by atoms with van der Waals surface area (Å²) in [6.07, 6.45) is 2.45. The molecule has 0 unspecified atom stereocenters. The molecular formula is C21H26N2. The Kier molecular flexibility index (Phi) is 4.19. The average molecular weight is 306 g/mol. The number of hydrogen-bond donors (Lipinski definition) is 1. The summed E-state index contributed by atoms with van der Waals surface area (Å²) in [5, 5.41) is 3.89. The van der Waals surface area contributed by atoms with Crippen molar-refractivity contribution in [2.45, 2.75) is 38.4 Å². The highest BCUT2D eigenvalue weighted by molar-refractivity contribution is 5.28. The van der Waals surface area contributed by atoms with Crippen molar-refractivity contribution in [1.82, 2.24) is 10.2 Å². The number of nitrogens with one attached hydrogen (secondary N) is 1. The van der Waals surface area contributed by atoms with Crippen LogP contribution in [0.1, 0.15) is 36.1 Å². The molecule has 0 spiro atoms. The molecule has 1 saturated heterocycles. The SMILES string of the molecule is C[C@@H]1N[C@@H]2CCN(Cc3ccccc3)C[C@H]2Cc2cccc1c2. The predicted octanol–water partition coefficient (Wildman–Crippen LogP) is 3.78. The molecule has 4 rings (SSSR count). The van der Waals surface area contributed by atoms with Crippen LogP contribution in [-0.4, -0.2) is 24.0 Å². The molecule has 1 fully saturated rings. The smallest absolute Gasteiger partial charge is 0.0294 e. The van der Waals surface area contributed by atoms with Crippen molar-refractivity contribution in [2.24, 2.45) is 5.92 Å². The number of piperidine rings is 1. The molecule has 0 amide bonds. The summed E-state index contributed by atoms with van der Waals surface area (Å²) in [5.41, 5.74) is 4.38. The Labute approximate surface area is 139 Å². The van der Waals surface area contributed by atoms with Gasteiger partial charge in [0.2, 0.25) is 0 Å². The lowest BCUT2D eigenvalue weighted by Crippen LogP contribution is -2.50. The zero-order chi connectivity index (χ0) is 15.6. The van der Waals surface area contributed by atoms with Crippen LogP contribution in [0.2, 0.25) is 0 Å². The molecule has 2 aromatic rings. The first-order chi connectivity index (χ1) is 11.3. The summed E-state index contributed by atoms with van der Waals surface area (Å²) < 4.78 is 0. The van der Waals surface area contributed by atoms with E-state index < -0.39 is 0 Å². The van der Waals surface area contributed by atoms with Crippen LogP contribution in [0.25, 0.3) is 0 Å². The lowest BCUT2D eigenvalue weighted by atomic mass is 9.83. The Morgan fingerprint density at radius 3 is 2.83 bits per heavy atom. The summed E-state index contributed by atoms with van der Waals surface area (Å²) in [4.78, 5) is 2.63. The van der Waals surface area contributed by atoms with Gasteiger partial charge in [0.25, 0.3) is 0 Å². The maximum absolute atomic E-state index is 3.89. The van der Waals surface area contributed by atoms with Crippen molar-refractivity contribution in [3.63, 3.8) is 0 Å². The molecule has 2 aromatic carbocycles. The van der Waals surface area contributed by atoms with E-state index in [2.05, 4.69) is 71.7 Å². The fourth-order valence-corrected chi connectivity index (χ4v) is 4.23. The molecule has 0 radical (unpaired) electrons. The Bertz CT molecular complexity index is 652. The zero-order valence-corrected chi connectivity index (χ0v) is 13.9. The van der Waals surface area contributed by atoms with E-state index in [9.17, 15) is 0 Å². The van der Waals surface area contributed by atoms with Gasteiger partial charge >= 0.3 is 0 Å². The molecule has 2 heteroatoms. The third-order valence-corrected chi connectivity index (χ3v) is 5.48. The molecule has 2 heterocycles. The topological polar surface area (TPSA) is 15.3 Å². The van der Waals surface area contributed by atoms with Crippen LogP contribution in [0, 0.1) is 5.92 Å². The molecule has 2 aliphatic rings. The first kappa shape index (κ1) is 14.9. The normalized spacial score (nSPS) is 27.8. The van der Waals surface area contributed by atoms with Crippen LogP contribution in [0.15, 0.2) is 54.6 Å². The zero-order valence-electron chi connectivity index (χ0n) is 13.9. The quantitative estimate of drug-likeness (QED) is 0.908. The first-order valence-corrected chi connectivity index (χ1v) is 8.89. The minimum Gasteiger partial charge on any atom is -0.307 e. The Balaban J connectivity index is 1.50. The molecule has 2 bridgehead atoms. The summed E-state index contributed by atoms with van der Waals surface area (Å²) in [5.74, 6) is 0.713. The minimum atomic E-state index is 0.462. The van der Waals surface area contributed by atoms with Gasteiger partial charge in [-0.3, -0.25) is 4.90 Å². The van der Waals surface area contributed by atoms with Crippen LogP contribution in [0.5, 0.6) is 0 Å². The van der Waals surface area contributed by atoms with Crippen molar-refractivity contribution in [1.29, 1.82) is 0 Å². The van der Waals surface area contributed by atoms with E-state index in [1.807, 2.05) is 0 Å². The molecule has 23 heavy (non-hydrogen) atoms. The largest absolute Gasteiger partial charge is 0.307 e. The van der Waals surface area contributed by atoms with Crippen LogP contribution in [-0.2, 0) is 13.0 Å². The highest BCUT2D eigenvalue weighted by Gasteiger charge is 2.31. The van der Waals surface area contributed by atoms with Gasteiger partial charge in [0.1, 0.15) is 0 Å². The third-order valence-electron chi connectivity index (χ3n) is 5.48. The summed E-state index contributed by atoms with van der Waals surface area (Å²) in [6.45, 7) is 5.78. The fraction of sp³-hybridized carbons (Fsp3) is 0.429. The van der Waals surface area contributed by atoms with Gasteiger partial charge in [-0.25, -0.2) is 0 Å². The number of hydrogen-bond acceptors (Lipinski definition) is 2.